The van der Waals surface area contributed by atoms with Crippen molar-refractivity contribution in [3.05, 3.63) is 29.8 Å². The summed E-state index contributed by atoms with van der Waals surface area (Å²) in [7, 11) is 0. The zero-order valence-corrected chi connectivity index (χ0v) is 9.89. The van der Waals surface area contributed by atoms with Crippen molar-refractivity contribution in [1.29, 1.82) is 0 Å². The Hall–Kier alpha value is -0.590. The van der Waals surface area contributed by atoms with E-state index in [-0.39, 0.29) is 5.75 Å². The van der Waals surface area contributed by atoms with Gasteiger partial charge in [-0.2, -0.15) is 0 Å². The van der Waals surface area contributed by atoms with Gasteiger partial charge in [-0.15, -0.1) is 0 Å². The van der Waals surface area contributed by atoms with Crippen LogP contribution in [0.1, 0.15) is 16.5 Å². The molecule has 0 aliphatic heterocycles. The van der Waals surface area contributed by atoms with Gasteiger partial charge in [0, 0.05) is 0 Å². The summed E-state index contributed by atoms with van der Waals surface area (Å²) in [6.45, 7) is 1.67. The Morgan fingerprint density at radius 3 is 2.08 bits per heavy atom. The van der Waals surface area contributed by atoms with Crippen molar-refractivity contribution >= 4 is 18.1 Å². The summed E-state index contributed by atoms with van der Waals surface area (Å²) >= 11 is -4.11. The van der Waals surface area contributed by atoms with Crippen molar-refractivity contribution in [2.75, 3.05) is 0 Å². The molecular formula is C9H12O3Te. The molecule has 1 N–H and O–H groups in total. The van der Waals surface area contributed by atoms with Crippen molar-refractivity contribution in [2.24, 2.45) is 0 Å². The average Bonchev–Trinajstić information content (AvgIpc) is 2.03. The van der Waals surface area contributed by atoms with Crippen LogP contribution in [0.4, 0.5) is 0 Å². The molecule has 0 bridgehead atoms. The first-order chi connectivity index (χ1) is 5.91. The number of aromatic hydroxyl groups is 1. The van der Waals surface area contributed by atoms with Gasteiger partial charge in [-0.05, 0) is 0 Å². The van der Waals surface area contributed by atoms with E-state index in [0.29, 0.717) is 0 Å². The normalized spacial score (nSPS) is 14.0. The third-order valence-corrected chi connectivity index (χ3v) is 6.45. The van der Waals surface area contributed by atoms with Gasteiger partial charge < -0.3 is 0 Å². The Balaban J connectivity index is 3.04. The maximum atomic E-state index is 11.3. The van der Waals surface area contributed by atoms with Crippen LogP contribution in [0.15, 0.2) is 24.3 Å². The van der Waals surface area contributed by atoms with E-state index in [1.54, 1.807) is 19.1 Å². The molecule has 1 aromatic rings. The number of phenols is 1. The van der Waals surface area contributed by atoms with Crippen molar-refractivity contribution in [3.63, 3.8) is 0 Å². The SMILES string of the molecule is CC(c1ccc(O)cc1)[Te](C)(=O)=O. The van der Waals surface area contributed by atoms with Gasteiger partial charge in [0.2, 0.25) is 0 Å². The molecule has 0 aliphatic rings. The minimum absolute atomic E-state index is 0.155. The fraction of sp³-hybridized carbons (Fsp3) is 0.333. The van der Waals surface area contributed by atoms with Crippen LogP contribution >= 0.6 is 0 Å². The van der Waals surface area contributed by atoms with E-state index in [1.807, 2.05) is 0 Å². The third-order valence-electron chi connectivity index (χ3n) is 2.00. The molecule has 0 aromatic heterocycles. The molecule has 0 radical (unpaired) electrons. The van der Waals surface area contributed by atoms with E-state index in [2.05, 4.69) is 0 Å². The molecule has 0 fully saturated rings. The van der Waals surface area contributed by atoms with Gasteiger partial charge in [0.1, 0.15) is 0 Å². The molecule has 3 nitrogen and oxygen atoms in total. The van der Waals surface area contributed by atoms with E-state index >= 15 is 0 Å². The Morgan fingerprint density at radius 1 is 1.23 bits per heavy atom. The van der Waals surface area contributed by atoms with Gasteiger partial charge >= 0.3 is 80.9 Å². The van der Waals surface area contributed by atoms with Crippen LogP contribution in [0.25, 0.3) is 0 Å². The summed E-state index contributed by atoms with van der Waals surface area (Å²) in [6, 6.07) is 6.28. The van der Waals surface area contributed by atoms with Crippen molar-refractivity contribution in [3.8, 4) is 5.75 Å². The second kappa shape index (κ2) is 3.65. The van der Waals surface area contributed by atoms with Crippen molar-refractivity contribution in [2.45, 2.75) is 15.9 Å². The molecule has 13 heavy (non-hydrogen) atoms. The number of benzene rings is 1. The fourth-order valence-electron chi connectivity index (χ4n) is 0.993. The molecule has 0 heterocycles. The Labute approximate surface area is 81.0 Å². The molecule has 0 saturated heterocycles. The molecule has 1 unspecified atom stereocenters. The zero-order chi connectivity index (χ0) is 10.1. The summed E-state index contributed by atoms with van der Waals surface area (Å²) < 4.78 is 22.1. The van der Waals surface area contributed by atoms with E-state index in [4.69, 9.17) is 5.11 Å². The van der Waals surface area contributed by atoms with Crippen LogP contribution in [-0.4, -0.2) is 23.3 Å². The summed E-state index contributed by atoms with van der Waals surface area (Å²) in [5, 5.41) is 9.00. The molecule has 0 amide bonds. The van der Waals surface area contributed by atoms with Gasteiger partial charge in [-0.25, -0.2) is 0 Å². The Bertz CT molecular complexity index is 378. The maximum absolute atomic E-state index is 11.3. The molecule has 1 rings (SSSR count). The standard InChI is InChI=1S/C9H12O3Te/c1-7(13(2,11)12)8-3-5-9(10)6-4-8/h3-7,10H,1-2H3. The van der Waals surface area contributed by atoms with Gasteiger partial charge in [-0.3, -0.25) is 0 Å². The van der Waals surface area contributed by atoms with E-state index in [9.17, 15) is 6.21 Å². The predicted octanol–water partition coefficient (Wildman–Crippen LogP) is 1.97. The van der Waals surface area contributed by atoms with Crippen LogP contribution in [0.2, 0.25) is 4.97 Å². The van der Waals surface area contributed by atoms with Crippen LogP contribution < -0.4 is 0 Å². The minimum atomic E-state index is -4.11. The second-order valence-corrected chi connectivity index (χ2v) is 9.82. The first-order valence-corrected chi connectivity index (χ1v) is 9.47. The van der Waals surface area contributed by atoms with E-state index < -0.39 is 22.1 Å². The Morgan fingerprint density at radius 2 is 1.69 bits per heavy atom. The number of phenolic OH excluding ortho intramolecular Hbond substituents is 1. The van der Waals surface area contributed by atoms with Crippen LogP contribution in [0.5, 0.6) is 5.75 Å². The second-order valence-electron chi connectivity index (χ2n) is 3.06. The molecule has 0 spiro atoms. The average molecular weight is 296 g/mol. The summed E-state index contributed by atoms with van der Waals surface area (Å²) in [4.78, 5) is 1.31. The van der Waals surface area contributed by atoms with Crippen molar-refractivity contribution < 1.29 is 11.3 Å². The van der Waals surface area contributed by atoms with E-state index in [1.165, 1.54) is 17.1 Å². The summed E-state index contributed by atoms with van der Waals surface area (Å²) in [5.74, 6) is 0.155. The zero-order valence-electron chi connectivity index (χ0n) is 7.56. The van der Waals surface area contributed by atoms with Gasteiger partial charge in [0.05, 0.1) is 0 Å². The molecule has 4 heteroatoms. The molecule has 0 aliphatic carbocycles. The van der Waals surface area contributed by atoms with E-state index in [0.717, 1.165) is 5.56 Å². The monoisotopic (exact) mass is 298 g/mol. The van der Waals surface area contributed by atoms with Gasteiger partial charge in [0.15, 0.2) is 0 Å². The summed E-state index contributed by atoms with van der Waals surface area (Å²) in [6.07, 6.45) is 0. The van der Waals surface area contributed by atoms with Gasteiger partial charge in [0.25, 0.3) is 0 Å². The molecule has 1 aromatic carbocycles. The fourth-order valence-corrected chi connectivity index (χ4v) is 2.85. The number of hydrogen-bond donors (Lipinski definition) is 1. The Kier molecular flexibility index (Phi) is 2.94. The molecule has 1 atom stereocenters. The van der Waals surface area contributed by atoms with Crippen molar-refractivity contribution in [1.82, 2.24) is 0 Å². The third kappa shape index (κ3) is 2.68. The number of rotatable bonds is 2. The van der Waals surface area contributed by atoms with Crippen LogP contribution in [0.3, 0.4) is 0 Å². The molecule has 72 valence electrons. The first kappa shape index (κ1) is 10.5. The first-order valence-electron chi connectivity index (χ1n) is 3.89. The predicted molar refractivity (Wildman–Crippen MR) is 49.5 cm³/mol. The summed E-state index contributed by atoms with van der Waals surface area (Å²) in [5.41, 5.74) is 0.742. The topological polar surface area (TPSA) is 54.4 Å². The van der Waals surface area contributed by atoms with Gasteiger partial charge in [-0.1, -0.05) is 0 Å². The molecule has 0 saturated carbocycles. The van der Waals surface area contributed by atoms with Crippen LogP contribution in [-0.2, 0) is 6.21 Å². The quantitative estimate of drug-likeness (QED) is 0.849. The molecular weight excluding hydrogens is 284 g/mol. The number of hydrogen-bond acceptors (Lipinski definition) is 3. The van der Waals surface area contributed by atoms with Crippen LogP contribution in [0, 0.1) is 0 Å².